The molecule has 6 N–H and O–H groups in total. The van der Waals surface area contributed by atoms with Gasteiger partial charge in [0.1, 0.15) is 17.5 Å². The maximum atomic E-state index is 12.8. The van der Waals surface area contributed by atoms with E-state index in [0.717, 1.165) is 5.56 Å². The van der Waals surface area contributed by atoms with Gasteiger partial charge in [0.15, 0.2) is 6.61 Å². The number of hydrogen-bond donors (Lipinski definition) is 4. The molecule has 0 saturated heterocycles. The Hall–Kier alpha value is -4.66. The number of anilines is 3. The number of primary amides is 1. The molecule has 12 nitrogen and oxygen atoms in total. The lowest BCUT2D eigenvalue weighted by atomic mass is 9.93. The summed E-state index contributed by atoms with van der Waals surface area (Å²) < 4.78 is 42.8. The van der Waals surface area contributed by atoms with Crippen LogP contribution in [0.15, 0.2) is 48.7 Å². The lowest BCUT2D eigenvalue weighted by Gasteiger charge is -2.25. The van der Waals surface area contributed by atoms with E-state index < -0.39 is 41.9 Å². The van der Waals surface area contributed by atoms with Crippen LogP contribution in [0.3, 0.4) is 0 Å². The average Bonchev–Trinajstić information content (AvgIpc) is 2.92. The quantitative estimate of drug-likeness (QED) is 0.238. The number of rotatable bonds is 11. The number of benzene rings is 1. The Morgan fingerprint density at radius 2 is 1.67 bits per heavy atom. The van der Waals surface area contributed by atoms with Gasteiger partial charge in [0.25, 0.3) is 5.91 Å². The van der Waals surface area contributed by atoms with Crippen molar-refractivity contribution in [2.75, 3.05) is 30.3 Å². The summed E-state index contributed by atoms with van der Waals surface area (Å²) >= 11 is 5.99. The Bertz CT molecular complexity index is 1420. The molecule has 16 heteroatoms. The first kappa shape index (κ1) is 31.9. The first-order chi connectivity index (χ1) is 19.6. The molecule has 1 aromatic carbocycles. The summed E-state index contributed by atoms with van der Waals surface area (Å²) in [5.41, 5.74) is 11.1. The number of carbonyl (C=O) groups is 3. The van der Waals surface area contributed by atoms with Gasteiger partial charge in [-0.25, -0.2) is 4.98 Å². The molecule has 224 valence electrons. The van der Waals surface area contributed by atoms with Crippen LogP contribution < -0.4 is 31.7 Å². The van der Waals surface area contributed by atoms with E-state index in [-0.39, 0.29) is 42.7 Å². The summed E-state index contributed by atoms with van der Waals surface area (Å²) in [5.74, 6) is -2.25. The Balaban J connectivity index is 1.81. The van der Waals surface area contributed by atoms with Crippen molar-refractivity contribution >= 4 is 46.8 Å². The van der Waals surface area contributed by atoms with Crippen LogP contribution >= 0.6 is 11.6 Å². The zero-order chi connectivity index (χ0) is 31.1. The monoisotopic (exact) mass is 608 g/mol. The highest BCUT2D eigenvalue weighted by atomic mass is 35.5. The molecule has 0 unspecified atom stereocenters. The van der Waals surface area contributed by atoms with Gasteiger partial charge in [-0.15, -0.1) is 0 Å². The van der Waals surface area contributed by atoms with Gasteiger partial charge in [0, 0.05) is 30.4 Å². The minimum Gasteiger partial charge on any atom is -0.454 e. The van der Waals surface area contributed by atoms with Crippen LogP contribution in [0, 0.1) is 5.41 Å². The van der Waals surface area contributed by atoms with E-state index in [0.29, 0.717) is 5.02 Å². The molecule has 0 aliphatic heterocycles. The minimum absolute atomic E-state index is 0.0859. The van der Waals surface area contributed by atoms with Crippen LogP contribution in [-0.4, -0.2) is 58.5 Å². The van der Waals surface area contributed by atoms with Crippen molar-refractivity contribution in [3.63, 3.8) is 0 Å². The highest BCUT2D eigenvalue weighted by molar-refractivity contribution is 6.34. The van der Waals surface area contributed by atoms with E-state index in [4.69, 9.17) is 27.8 Å². The second kappa shape index (κ2) is 13.3. The van der Waals surface area contributed by atoms with Crippen molar-refractivity contribution in [3.8, 4) is 6.01 Å². The SMILES string of the molecule is CC(C)(CNC(=O)C(N)=O)CNC(=O)c1ccc(N(Cc2ccc(Cl)cc2)c2cc(N)nc(OCC(F)(F)F)n2)nc1. The number of halogens is 4. The number of nitrogens with one attached hydrogen (secondary N) is 2. The third kappa shape index (κ3) is 9.76. The maximum Gasteiger partial charge on any atom is 0.422 e. The van der Waals surface area contributed by atoms with E-state index in [1.165, 1.54) is 24.4 Å². The second-order valence-electron chi connectivity index (χ2n) is 9.85. The van der Waals surface area contributed by atoms with Gasteiger partial charge in [-0.1, -0.05) is 37.6 Å². The molecule has 3 aromatic rings. The largest absolute Gasteiger partial charge is 0.454 e. The molecular weight excluding hydrogens is 581 g/mol. The molecule has 0 bridgehead atoms. The van der Waals surface area contributed by atoms with Gasteiger partial charge in [0.05, 0.1) is 12.1 Å². The fourth-order valence-corrected chi connectivity index (χ4v) is 3.53. The molecule has 2 heterocycles. The molecule has 2 aromatic heterocycles. The second-order valence-corrected chi connectivity index (χ2v) is 10.3. The Morgan fingerprint density at radius 3 is 2.26 bits per heavy atom. The molecule has 0 atom stereocenters. The van der Waals surface area contributed by atoms with Crippen molar-refractivity contribution in [2.45, 2.75) is 26.6 Å². The smallest absolute Gasteiger partial charge is 0.422 e. The third-order valence-corrected chi connectivity index (χ3v) is 5.82. The number of nitrogens with two attached hydrogens (primary N) is 2. The van der Waals surface area contributed by atoms with Crippen LogP contribution in [0.25, 0.3) is 0 Å². The van der Waals surface area contributed by atoms with Gasteiger partial charge in [-0.3, -0.25) is 14.4 Å². The summed E-state index contributed by atoms with van der Waals surface area (Å²) in [6, 6.07) is 10.6. The van der Waals surface area contributed by atoms with Crippen molar-refractivity contribution in [1.29, 1.82) is 0 Å². The third-order valence-electron chi connectivity index (χ3n) is 5.57. The van der Waals surface area contributed by atoms with E-state index in [9.17, 15) is 27.6 Å². The average molecular weight is 609 g/mol. The van der Waals surface area contributed by atoms with Crippen LogP contribution in [0.2, 0.25) is 5.02 Å². The lowest BCUT2D eigenvalue weighted by molar-refractivity contribution is -0.154. The van der Waals surface area contributed by atoms with Gasteiger partial charge < -0.3 is 31.7 Å². The Labute approximate surface area is 243 Å². The van der Waals surface area contributed by atoms with Gasteiger partial charge in [0.2, 0.25) is 0 Å². The molecule has 3 rings (SSSR count). The predicted octanol–water partition coefficient (Wildman–Crippen LogP) is 2.74. The van der Waals surface area contributed by atoms with Gasteiger partial charge in [-0.05, 0) is 35.2 Å². The number of alkyl halides is 3. The first-order valence-corrected chi connectivity index (χ1v) is 12.7. The summed E-state index contributed by atoms with van der Waals surface area (Å²) in [4.78, 5) is 48.8. The van der Waals surface area contributed by atoms with Crippen LogP contribution in [0.4, 0.5) is 30.6 Å². The molecule has 0 radical (unpaired) electrons. The molecule has 0 spiro atoms. The maximum absolute atomic E-state index is 12.8. The standard InChI is InChI=1S/C26H28ClF3N8O4/c1-25(2,13-35-23(41)21(32)39)12-34-22(40)16-5-8-19(33-10-16)38(11-15-3-6-17(27)7-4-15)20-9-18(31)36-24(37-20)42-14-26(28,29)30/h3-10H,11-14H2,1-2H3,(H2,32,39)(H,34,40)(H,35,41)(H2,31,36,37). The number of amides is 3. The number of nitrogens with zero attached hydrogens (tertiary/aromatic N) is 4. The van der Waals surface area contributed by atoms with E-state index in [1.54, 1.807) is 43.0 Å². The van der Waals surface area contributed by atoms with E-state index in [1.807, 2.05) is 0 Å². The Kier molecular flexibility index (Phi) is 10.1. The molecule has 0 saturated carbocycles. The number of pyridine rings is 1. The first-order valence-electron chi connectivity index (χ1n) is 12.3. The zero-order valence-electron chi connectivity index (χ0n) is 22.5. The molecule has 3 amide bonds. The predicted molar refractivity (Wildman–Crippen MR) is 148 cm³/mol. The number of hydrogen-bond acceptors (Lipinski definition) is 9. The number of aromatic nitrogens is 3. The minimum atomic E-state index is -4.61. The molecule has 0 aliphatic carbocycles. The number of ether oxygens (including phenoxy) is 1. The van der Waals surface area contributed by atoms with Crippen molar-refractivity contribution in [3.05, 3.63) is 64.8 Å². The van der Waals surface area contributed by atoms with Crippen LogP contribution in [0.1, 0.15) is 29.8 Å². The van der Waals surface area contributed by atoms with Crippen LogP contribution in [-0.2, 0) is 16.1 Å². The van der Waals surface area contributed by atoms with E-state index in [2.05, 4.69) is 25.6 Å². The van der Waals surface area contributed by atoms with Crippen LogP contribution in [0.5, 0.6) is 6.01 Å². The fraction of sp³-hybridized carbons (Fsp3) is 0.308. The molecule has 0 fully saturated rings. The van der Waals surface area contributed by atoms with Crippen molar-refractivity contribution in [1.82, 2.24) is 25.6 Å². The summed E-state index contributed by atoms with van der Waals surface area (Å²) in [6.45, 7) is 2.31. The van der Waals surface area contributed by atoms with E-state index >= 15 is 0 Å². The van der Waals surface area contributed by atoms with Gasteiger partial charge in [-0.2, -0.15) is 23.1 Å². The Morgan fingerprint density at radius 1 is 1.00 bits per heavy atom. The highest BCUT2D eigenvalue weighted by Gasteiger charge is 2.29. The summed E-state index contributed by atoms with van der Waals surface area (Å²) in [6.07, 6.45) is -3.30. The summed E-state index contributed by atoms with van der Waals surface area (Å²) in [5, 5.41) is 5.64. The molecule has 42 heavy (non-hydrogen) atoms. The topological polar surface area (TPSA) is 178 Å². The number of nitrogen functional groups attached to an aromatic ring is 1. The molecule has 0 aliphatic rings. The highest BCUT2D eigenvalue weighted by Crippen LogP contribution is 2.28. The zero-order valence-corrected chi connectivity index (χ0v) is 23.3. The summed E-state index contributed by atoms with van der Waals surface area (Å²) in [7, 11) is 0. The normalized spacial score (nSPS) is 11.5. The fourth-order valence-electron chi connectivity index (χ4n) is 3.40. The lowest BCUT2D eigenvalue weighted by Crippen LogP contribution is -2.45. The number of carbonyl (C=O) groups excluding carboxylic acids is 3. The van der Waals surface area contributed by atoms with Gasteiger partial charge >= 0.3 is 24.0 Å². The van der Waals surface area contributed by atoms with Crippen molar-refractivity contribution in [2.24, 2.45) is 11.1 Å². The van der Waals surface area contributed by atoms with Crippen molar-refractivity contribution < 1.29 is 32.3 Å². The molecular formula is C26H28ClF3N8O4.